The first-order chi connectivity index (χ1) is 12.4. The van der Waals surface area contributed by atoms with E-state index >= 15 is 0 Å². The molecule has 6 nitrogen and oxygen atoms in total. The lowest BCUT2D eigenvalue weighted by Crippen LogP contribution is -2.41. The third kappa shape index (κ3) is 4.30. The molecule has 2 aliphatic heterocycles. The van der Waals surface area contributed by atoms with Gasteiger partial charge in [-0.05, 0) is 61.0 Å². The van der Waals surface area contributed by atoms with Gasteiger partial charge in [0.05, 0.1) is 11.2 Å². The van der Waals surface area contributed by atoms with Gasteiger partial charge in [0, 0.05) is 36.4 Å². The smallest absolute Gasteiger partial charge is 0.444 e. The van der Waals surface area contributed by atoms with E-state index in [4.69, 9.17) is 14.0 Å². The summed E-state index contributed by atoms with van der Waals surface area (Å²) in [5.74, 6) is 0.227. The average Bonchev–Trinajstić information content (AvgIpc) is 3.09. The Morgan fingerprint density at radius 3 is 2.37 bits per heavy atom. The summed E-state index contributed by atoms with van der Waals surface area (Å²) in [4.78, 5) is 18.6. The van der Waals surface area contributed by atoms with Gasteiger partial charge in [-0.3, -0.25) is 4.98 Å². The summed E-state index contributed by atoms with van der Waals surface area (Å²) < 4.78 is 17.6. The van der Waals surface area contributed by atoms with Gasteiger partial charge in [-0.1, -0.05) is 6.07 Å². The molecule has 3 heterocycles. The molecule has 1 aromatic heterocycles. The number of likely N-dealkylation sites (tertiary alicyclic amines) is 1. The van der Waals surface area contributed by atoms with Crippen LogP contribution in [0.15, 0.2) is 18.3 Å². The number of hydrogen-bond acceptors (Lipinski definition) is 5. The summed E-state index contributed by atoms with van der Waals surface area (Å²) in [6.07, 6.45) is 2.47. The van der Waals surface area contributed by atoms with E-state index in [2.05, 4.69) is 4.98 Å². The van der Waals surface area contributed by atoms with E-state index in [0.717, 1.165) is 17.6 Å². The van der Waals surface area contributed by atoms with Crippen LogP contribution < -0.4 is 5.46 Å². The number of amides is 1. The van der Waals surface area contributed by atoms with Gasteiger partial charge in [0.25, 0.3) is 0 Å². The Bertz CT molecular complexity index is 681. The molecule has 0 saturated carbocycles. The van der Waals surface area contributed by atoms with Crippen molar-refractivity contribution in [1.82, 2.24) is 9.88 Å². The van der Waals surface area contributed by atoms with Crippen LogP contribution in [0, 0.1) is 0 Å². The highest BCUT2D eigenvalue weighted by Gasteiger charge is 2.51. The zero-order chi connectivity index (χ0) is 20.0. The van der Waals surface area contributed by atoms with Crippen molar-refractivity contribution in [2.24, 2.45) is 0 Å². The summed E-state index contributed by atoms with van der Waals surface area (Å²) in [6, 6.07) is 4.03. The van der Waals surface area contributed by atoms with E-state index in [1.54, 1.807) is 4.90 Å². The zero-order valence-electron chi connectivity index (χ0n) is 17.5. The van der Waals surface area contributed by atoms with Crippen molar-refractivity contribution in [3.05, 3.63) is 24.0 Å². The lowest BCUT2D eigenvalue weighted by Gasteiger charge is -2.32. The number of aromatic nitrogens is 1. The number of hydrogen-bond donors (Lipinski definition) is 0. The summed E-state index contributed by atoms with van der Waals surface area (Å²) >= 11 is 0. The monoisotopic (exact) mass is 374 g/mol. The number of rotatable bonds is 2. The minimum absolute atomic E-state index is 0.227. The molecule has 2 saturated heterocycles. The lowest BCUT2D eigenvalue weighted by atomic mass is 9.80. The standard InChI is InChI=1S/C20H31BN2O4/c1-18(2,3)25-17(24)23-11-10-14(13-23)16-9-8-15(12-22-16)21-26-19(4,5)20(6,7)27-21/h8-9,12,14H,10-11,13H2,1-7H3/t14-/m0/s1. The van der Waals surface area contributed by atoms with E-state index in [1.165, 1.54) is 0 Å². The highest BCUT2D eigenvalue weighted by molar-refractivity contribution is 6.62. The van der Waals surface area contributed by atoms with Crippen molar-refractivity contribution in [2.75, 3.05) is 13.1 Å². The molecular weight excluding hydrogens is 343 g/mol. The Morgan fingerprint density at radius 1 is 1.22 bits per heavy atom. The largest absolute Gasteiger partial charge is 0.496 e. The maximum atomic E-state index is 12.2. The summed E-state index contributed by atoms with van der Waals surface area (Å²) in [7, 11) is -0.404. The number of ether oxygens (including phenoxy) is 1. The van der Waals surface area contributed by atoms with Crippen molar-refractivity contribution in [2.45, 2.75) is 77.6 Å². The molecule has 27 heavy (non-hydrogen) atoms. The van der Waals surface area contributed by atoms with Crippen LogP contribution in [0.25, 0.3) is 0 Å². The van der Waals surface area contributed by atoms with Gasteiger partial charge in [-0.15, -0.1) is 0 Å². The molecule has 0 radical (unpaired) electrons. The van der Waals surface area contributed by atoms with E-state index in [9.17, 15) is 4.79 Å². The van der Waals surface area contributed by atoms with Gasteiger partial charge in [-0.25, -0.2) is 4.79 Å². The molecule has 2 aliphatic rings. The Hall–Kier alpha value is -1.60. The minimum atomic E-state index is -0.474. The van der Waals surface area contributed by atoms with Gasteiger partial charge >= 0.3 is 13.2 Å². The molecule has 0 N–H and O–H groups in total. The van der Waals surface area contributed by atoms with Crippen molar-refractivity contribution < 1.29 is 18.8 Å². The maximum Gasteiger partial charge on any atom is 0.496 e. The maximum absolute atomic E-state index is 12.2. The fourth-order valence-electron chi connectivity index (χ4n) is 3.27. The second-order valence-electron chi connectivity index (χ2n) is 9.52. The zero-order valence-corrected chi connectivity index (χ0v) is 17.5. The van der Waals surface area contributed by atoms with Crippen LogP contribution in [0.1, 0.15) is 66.5 Å². The SMILES string of the molecule is CC(C)(C)OC(=O)N1CC[C@H](c2ccc(B3OC(C)(C)C(C)(C)O3)cn2)C1. The molecule has 0 aliphatic carbocycles. The molecule has 1 atom stereocenters. The predicted molar refractivity (Wildman–Crippen MR) is 105 cm³/mol. The third-order valence-electron chi connectivity index (χ3n) is 5.59. The topological polar surface area (TPSA) is 60.9 Å². The molecule has 0 unspecified atom stereocenters. The number of carbonyl (C=O) groups excluding carboxylic acids is 1. The molecule has 148 valence electrons. The highest BCUT2D eigenvalue weighted by Crippen LogP contribution is 2.36. The number of carbonyl (C=O) groups is 1. The quantitative estimate of drug-likeness (QED) is 0.745. The minimum Gasteiger partial charge on any atom is -0.444 e. The highest BCUT2D eigenvalue weighted by atomic mass is 16.7. The molecular formula is C20H31BN2O4. The molecule has 3 rings (SSSR count). The first-order valence-electron chi connectivity index (χ1n) is 9.67. The Labute approximate surface area is 162 Å². The van der Waals surface area contributed by atoms with Crippen LogP contribution >= 0.6 is 0 Å². The second-order valence-corrected chi connectivity index (χ2v) is 9.52. The van der Waals surface area contributed by atoms with Gasteiger partial charge in [0.2, 0.25) is 0 Å². The van der Waals surface area contributed by atoms with Crippen LogP contribution in [-0.2, 0) is 14.0 Å². The van der Waals surface area contributed by atoms with Crippen molar-refractivity contribution in [3.63, 3.8) is 0 Å². The fraction of sp³-hybridized carbons (Fsp3) is 0.700. The predicted octanol–water partition coefficient (Wildman–Crippen LogP) is 3.11. The van der Waals surface area contributed by atoms with Gasteiger partial charge in [0.15, 0.2) is 0 Å². The third-order valence-corrected chi connectivity index (χ3v) is 5.59. The van der Waals surface area contributed by atoms with Crippen LogP contribution in [-0.4, -0.2) is 53.0 Å². The second kappa shape index (κ2) is 6.78. The average molecular weight is 374 g/mol. The Balaban J connectivity index is 1.63. The summed E-state index contributed by atoms with van der Waals surface area (Å²) in [5, 5.41) is 0. The van der Waals surface area contributed by atoms with Crippen LogP contribution in [0.5, 0.6) is 0 Å². The Kier molecular flexibility index (Phi) is 5.06. The van der Waals surface area contributed by atoms with Crippen molar-refractivity contribution in [3.8, 4) is 0 Å². The van der Waals surface area contributed by atoms with E-state index in [-0.39, 0.29) is 23.2 Å². The molecule has 0 bridgehead atoms. The molecule has 7 heteroatoms. The number of pyridine rings is 1. The number of nitrogens with zero attached hydrogens (tertiary/aromatic N) is 2. The normalized spacial score (nSPS) is 24.3. The molecule has 0 aromatic carbocycles. The summed E-state index contributed by atoms with van der Waals surface area (Å²) in [6.45, 7) is 15.1. The molecule has 2 fully saturated rings. The van der Waals surface area contributed by atoms with E-state index in [1.807, 2.05) is 66.8 Å². The molecule has 1 aromatic rings. The van der Waals surface area contributed by atoms with Crippen LogP contribution in [0.4, 0.5) is 4.79 Å². The first-order valence-corrected chi connectivity index (χ1v) is 9.67. The first kappa shape index (κ1) is 20.1. The molecule has 1 amide bonds. The van der Waals surface area contributed by atoms with Gasteiger partial charge < -0.3 is 18.9 Å². The Morgan fingerprint density at radius 2 is 1.85 bits per heavy atom. The molecule has 0 spiro atoms. The van der Waals surface area contributed by atoms with E-state index in [0.29, 0.717) is 13.1 Å². The van der Waals surface area contributed by atoms with E-state index < -0.39 is 12.7 Å². The summed E-state index contributed by atoms with van der Waals surface area (Å²) in [5.41, 5.74) is 0.698. The lowest BCUT2D eigenvalue weighted by molar-refractivity contribution is 0.00578. The van der Waals surface area contributed by atoms with Crippen molar-refractivity contribution in [1.29, 1.82) is 0 Å². The van der Waals surface area contributed by atoms with Crippen molar-refractivity contribution >= 4 is 18.7 Å². The van der Waals surface area contributed by atoms with Crippen LogP contribution in [0.2, 0.25) is 0 Å². The van der Waals surface area contributed by atoms with Gasteiger partial charge in [0.1, 0.15) is 5.60 Å². The van der Waals surface area contributed by atoms with Crippen LogP contribution in [0.3, 0.4) is 0 Å². The van der Waals surface area contributed by atoms with Gasteiger partial charge in [-0.2, -0.15) is 0 Å². The fourth-order valence-corrected chi connectivity index (χ4v) is 3.27.